The molecule has 26 heavy (non-hydrogen) atoms. The topological polar surface area (TPSA) is 89.9 Å². The Bertz CT molecular complexity index is 836. The van der Waals surface area contributed by atoms with E-state index < -0.39 is 11.8 Å². The second-order valence-electron chi connectivity index (χ2n) is 6.15. The highest BCUT2D eigenvalue weighted by molar-refractivity contribution is 6.15. The van der Waals surface area contributed by atoms with Crippen molar-refractivity contribution in [3.05, 3.63) is 65.2 Å². The van der Waals surface area contributed by atoms with Gasteiger partial charge in [0.25, 0.3) is 0 Å². The summed E-state index contributed by atoms with van der Waals surface area (Å²) in [5.41, 5.74) is 0.143. The zero-order valence-electron chi connectivity index (χ0n) is 14.0. The van der Waals surface area contributed by atoms with E-state index in [4.69, 9.17) is 9.99 Å². The van der Waals surface area contributed by atoms with Crippen molar-refractivity contribution in [3.8, 4) is 5.75 Å². The highest BCUT2D eigenvalue weighted by atomic mass is 17.1. The lowest BCUT2D eigenvalue weighted by Gasteiger charge is -2.13. The monoisotopic (exact) mass is 354 g/mol. The Morgan fingerprint density at radius 3 is 2.08 bits per heavy atom. The van der Waals surface area contributed by atoms with Gasteiger partial charge in [-0.2, -0.15) is 5.26 Å². The molecule has 1 aliphatic carbocycles. The van der Waals surface area contributed by atoms with Crippen LogP contribution in [-0.2, 0) is 9.68 Å². The average Bonchev–Trinajstić information content (AvgIpc) is 3.22. The molecule has 2 aromatic carbocycles. The molecule has 0 heterocycles. The molecule has 0 spiro atoms. The van der Waals surface area contributed by atoms with Gasteiger partial charge in [-0.3, -0.25) is 14.5 Å². The molecule has 6 nitrogen and oxygen atoms in total. The standard InChI is InChI=1S/C20H18O6/c21-18(14-9-3-4-10-15(14)20(23)26-24)16-11-5-6-12-17(16)25-19(22)13-7-1-2-8-13/h3-6,9-13,24H,1-2,7-8H2. The quantitative estimate of drug-likeness (QED) is 0.290. The third-order valence-corrected chi connectivity index (χ3v) is 4.51. The van der Waals surface area contributed by atoms with Gasteiger partial charge in [-0.05, 0) is 31.0 Å². The number of para-hydroxylation sites is 1. The summed E-state index contributed by atoms with van der Waals surface area (Å²) in [4.78, 5) is 40.7. The first-order valence-electron chi connectivity index (χ1n) is 8.42. The molecule has 1 N–H and O–H groups in total. The fourth-order valence-electron chi connectivity index (χ4n) is 3.15. The Balaban J connectivity index is 1.91. The second kappa shape index (κ2) is 7.93. The molecule has 0 radical (unpaired) electrons. The Labute approximate surface area is 150 Å². The summed E-state index contributed by atoms with van der Waals surface area (Å²) in [6.07, 6.45) is 3.58. The van der Waals surface area contributed by atoms with Crippen molar-refractivity contribution in [1.82, 2.24) is 0 Å². The van der Waals surface area contributed by atoms with E-state index in [9.17, 15) is 14.4 Å². The van der Waals surface area contributed by atoms with Crippen molar-refractivity contribution < 1.29 is 29.3 Å². The maximum absolute atomic E-state index is 12.9. The molecule has 0 atom stereocenters. The summed E-state index contributed by atoms with van der Waals surface area (Å²) < 4.78 is 5.47. The third kappa shape index (κ3) is 3.65. The van der Waals surface area contributed by atoms with Crippen LogP contribution in [0, 0.1) is 5.92 Å². The minimum atomic E-state index is -1.03. The van der Waals surface area contributed by atoms with E-state index in [1.807, 2.05) is 0 Å². The van der Waals surface area contributed by atoms with Crippen LogP contribution in [0.25, 0.3) is 0 Å². The first-order valence-corrected chi connectivity index (χ1v) is 8.42. The lowest BCUT2D eigenvalue weighted by atomic mass is 9.97. The van der Waals surface area contributed by atoms with Gasteiger partial charge in [-0.25, -0.2) is 4.79 Å². The molecular weight excluding hydrogens is 336 g/mol. The minimum absolute atomic E-state index is 0.0518. The van der Waals surface area contributed by atoms with E-state index in [1.165, 1.54) is 18.2 Å². The lowest BCUT2D eigenvalue weighted by Crippen LogP contribution is -2.19. The van der Waals surface area contributed by atoms with Gasteiger partial charge in [-0.1, -0.05) is 43.2 Å². The van der Waals surface area contributed by atoms with Gasteiger partial charge in [0.05, 0.1) is 17.0 Å². The summed E-state index contributed by atoms with van der Waals surface area (Å²) >= 11 is 0. The van der Waals surface area contributed by atoms with Crippen molar-refractivity contribution >= 4 is 17.7 Å². The number of rotatable bonds is 5. The maximum atomic E-state index is 12.9. The Morgan fingerprint density at radius 1 is 0.846 bits per heavy atom. The van der Waals surface area contributed by atoms with Crippen LogP contribution < -0.4 is 4.74 Å². The number of benzene rings is 2. The van der Waals surface area contributed by atoms with E-state index in [0.29, 0.717) is 0 Å². The first kappa shape index (κ1) is 17.8. The third-order valence-electron chi connectivity index (χ3n) is 4.51. The van der Waals surface area contributed by atoms with Crippen molar-refractivity contribution in [2.24, 2.45) is 5.92 Å². The average molecular weight is 354 g/mol. The number of hydrogen-bond acceptors (Lipinski definition) is 6. The van der Waals surface area contributed by atoms with Crippen LogP contribution >= 0.6 is 0 Å². The molecule has 0 bridgehead atoms. The second-order valence-corrected chi connectivity index (χ2v) is 6.15. The molecule has 134 valence electrons. The SMILES string of the molecule is O=C(OO)c1ccccc1C(=O)c1ccccc1OC(=O)C1CCCC1. The van der Waals surface area contributed by atoms with Crippen LogP contribution in [0.4, 0.5) is 0 Å². The van der Waals surface area contributed by atoms with Crippen molar-refractivity contribution in [2.45, 2.75) is 25.7 Å². The van der Waals surface area contributed by atoms with E-state index in [1.54, 1.807) is 30.3 Å². The van der Waals surface area contributed by atoms with Gasteiger partial charge >= 0.3 is 11.9 Å². The van der Waals surface area contributed by atoms with Crippen LogP contribution in [0.1, 0.15) is 52.0 Å². The van der Waals surface area contributed by atoms with Gasteiger partial charge in [0.15, 0.2) is 5.78 Å². The van der Waals surface area contributed by atoms with Crippen LogP contribution in [0.2, 0.25) is 0 Å². The number of carbonyl (C=O) groups is 3. The molecule has 2 aromatic rings. The number of ether oxygens (including phenoxy) is 1. The fraction of sp³-hybridized carbons (Fsp3) is 0.250. The van der Waals surface area contributed by atoms with Crippen LogP contribution in [0.3, 0.4) is 0 Å². The molecule has 1 fully saturated rings. The number of hydrogen-bond donors (Lipinski definition) is 1. The van der Waals surface area contributed by atoms with Crippen LogP contribution in [-0.4, -0.2) is 23.0 Å². The van der Waals surface area contributed by atoms with E-state index >= 15 is 0 Å². The molecule has 6 heteroatoms. The summed E-state index contributed by atoms with van der Waals surface area (Å²) in [7, 11) is 0. The molecule has 0 unspecified atom stereocenters. The van der Waals surface area contributed by atoms with Crippen molar-refractivity contribution in [1.29, 1.82) is 0 Å². The van der Waals surface area contributed by atoms with Gasteiger partial charge in [-0.15, -0.1) is 0 Å². The molecule has 1 aliphatic rings. The highest BCUT2D eigenvalue weighted by Gasteiger charge is 2.27. The zero-order valence-corrected chi connectivity index (χ0v) is 14.0. The largest absolute Gasteiger partial charge is 0.426 e. The Kier molecular flexibility index (Phi) is 5.43. The molecular formula is C20H18O6. The van der Waals surface area contributed by atoms with Gasteiger partial charge < -0.3 is 4.74 Å². The van der Waals surface area contributed by atoms with Crippen molar-refractivity contribution in [2.75, 3.05) is 0 Å². The smallest absolute Gasteiger partial charge is 0.373 e. The van der Waals surface area contributed by atoms with Gasteiger partial charge in [0, 0.05) is 5.56 Å². The predicted octanol–water partition coefficient (Wildman–Crippen LogP) is 3.64. The summed E-state index contributed by atoms with van der Waals surface area (Å²) in [6.45, 7) is 0. The highest BCUT2D eigenvalue weighted by Crippen LogP contribution is 2.29. The van der Waals surface area contributed by atoms with Crippen molar-refractivity contribution in [3.63, 3.8) is 0 Å². The molecule has 0 saturated heterocycles. The van der Waals surface area contributed by atoms with Gasteiger partial charge in [0.1, 0.15) is 5.75 Å². The maximum Gasteiger partial charge on any atom is 0.373 e. The normalized spacial score (nSPS) is 14.0. The minimum Gasteiger partial charge on any atom is -0.426 e. The van der Waals surface area contributed by atoms with Gasteiger partial charge in [0.2, 0.25) is 0 Å². The van der Waals surface area contributed by atoms with Crippen LogP contribution in [0.5, 0.6) is 5.75 Å². The summed E-state index contributed by atoms with van der Waals surface area (Å²) in [6, 6.07) is 12.4. The molecule has 0 aliphatic heterocycles. The molecule has 0 amide bonds. The van der Waals surface area contributed by atoms with E-state index in [-0.39, 0.29) is 34.3 Å². The summed E-state index contributed by atoms with van der Waals surface area (Å²) in [5.74, 6) is -1.86. The molecule has 0 aromatic heterocycles. The summed E-state index contributed by atoms with van der Waals surface area (Å²) in [5, 5.41) is 8.63. The van der Waals surface area contributed by atoms with Crippen LogP contribution in [0.15, 0.2) is 48.5 Å². The van der Waals surface area contributed by atoms with E-state index in [2.05, 4.69) is 4.89 Å². The molecule has 1 saturated carbocycles. The Morgan fingerprint density at radius 2 is 1.42 bits per heavy atom. The molecule has 3 rings (SSSR count). The number of carbonyl (C=O) groups excluding carboxylic acids is 3. The number of esters is 1. The fourth-order valence-corrected chi connectivity index (χ4v) is 3.15. The number of ketones is 1. The lowest BCUT2D eigenvalue weighted by molar-refractivity contribution is -0.182. The zero-order chi connectivity index (χ0) is 18.5. The predicted molar refractivity (Wildman–Crippen MR) is 92.0 cm³/mol. The Hall–Kier alpha value is -2.99. The van der Waals surface area contributed by atoms with E-state index in [0.717, 1.165) is 25.7 Å². The first-order chi connectivity index (χ1) is 12.6.